The van der Waals surface area contributed by atoms with Crippen molar-refractivity contribution in [2.24, 2.45) is 0 Å². The molecule has 1 N–H and O–H groups in total. The molecule has 0 fully saturated rings. The maximum absolute atomic E-state index is 13.0. The zero-order valence-electron chi connectivity index (χ0n) is 9.93. The van der Waals surface area contributed by atoms with Gasteiger partial charge in [-0.15, -0.1) is 13.2 Å². The first-order chi connectivity index (χ1) is 9.35. The number of pyridine rings is 1. The van der Waals surface area contributed by atoms with Crippen molar-refractivity contribution in [2.45, 2.75) is 12.5 Å². The first-order valence-electron chi connectivity index (χ1n) is 5.49. The van der Waals surface area contributed by atoms with E-state index in [0.717, 1.165) is 24.4 Å². The number of hydrogen-bond donors (Lipinski definition) is 1. The second-order valence-corrected chi connectivity index (χ2v) is 3.96. The number of hydrogen-bond acceptors (Lipinski definition) is 3. The van der Waals surface area contributed by atoms with Gasteiger partial charge in [0.05, 0.1) is 6.20 Å². The largest absolute Gasteiger partial charge is 0.573 e. The fourth-order valence-electron chi connectivity index (χ4n) is 1.62. The zero-order chi connectivity index (χ0) is 14.8. The van der Waals surface area contributed by atoms with E-state index in [-0.39, 0.29) is 5.56 Å². The highest BCUT2D eigenvalue weighted by molar-refractivity contribution is 5.33. The SMILES string of the molecule is OC(c1ccc(OC(F)(F)F)cc1)c1cncc(F)c1. The number of aromatic nitrogens is 1. The monoisotopic (exact) mass is 287 g/mol. The van der Waals surface area contributed by atoms with Crippen molar-refractivity contribution in [3.8, 4) is 5.75 Å². The Morgan fingerprint density at radius 2 is 1.70 bits per heavy atom. The summed E-state index contributed by atoms with van der Waals surface area (Å²) in [6.07, 6.45) is -3.70. The zero-order valence-corrected chi connectivity index (χ0v) is 9.93. The molecule has 20 heavy (non-hydrogen) atoms. The molecule has 7 heteroatoms. The van der Waals surface area contributed by atoms with Gasteiger partial charge in [-0.1, -0.05) is 12.1 Å². The van der Waals surface area contributed by atoms with Crippen molar-refractivity contribution in [1.29, 1.82) is 0 Å². The molecule has 1 aromatic carbocycles. The van der Waals surface area contributed by atoms with E-state index in [9.17, 15) is 22.7 Å². The van der Waals surface area contributed by atoms with E-state index < -0.39 is 24.0 Å². The average Bonchev–Trinajstić information content (AvgIpc) is 2.37. The van der Waals surface area contributed by atoms with Crippen LogP contribution in [-0.4, -0.2) is 16.5 Å². The number of nitrogens with zero attached hydrogens (tertiary/aromatic N) is 1. The summed E-state index contributed by atoms with van der Waals surface area (Å²) in [6.45, 7) is 0. The van der Waals surface area contributed by atoms with Crippen molar-refractivity contribution in [2.75, 3.05) is 0 Å². The summed E-state index contributed by atoms with van der Waals surface area (Å²) >= 11 is 0. The maximum Gasteiger partial charge on any atom is 0.573 e. The molecule has 1 unspecified atom stereocenters. The summed E-state index contributed by atoms with van der Waals surface area (Å²) in [5.74, 6) is -1.01. The molecule has 2 rings (SSSR count). The molecule has 0 aliphatic rings. The number of rotatable bonds is 3. The van der Waals surface area contributed by atoms with Crippen molar-refractivity contribution in [1.82, 2.24) is 4.98 Å². The van der Waals surface area contributed by atoms with Crippen LogP contribution in [0.4, 0.5) is 17.6 Å². The van der Waals surface area contributed by atoms with E-state index in [1.165, 1.54) is 18.3 Å². The van der Waals surface area contributed by atoms with Gasteiger partial charge in [-0.2, -0.15) is 0 Å². The fourth-order valence-corrected chi connectivity index (χ4v) is 1.62. The van der Waals surface area contributed by atoms with E-state index in [1.54, 1.807) is 0 Å². The minimum Gasteiger partial charge on any atom is -0.406 e. The highest BCUT2D eigenvalue weighted by Crippen LogP contribution is 2.26. The quantitative estimate of drug-likeness (QED) is 0.881. The Balaban J connectivity index is 2.17. The van der Waals surface area contributed by atoms with Gasteiger partial charge >= 0.3 is 6.36 Å². The third-order valence-corrected chi connectivity index (χ3v) is 2.47. The Labute approximate surface area is 111 Å². The lowest BCUT2D eigenvalue weighted by Crippen LogP contribution is -2.17. The van der Waals surface area contributed by atoms with Crippen molar-refractivity contribution in [3.63, 3.8) is 0 Å². The van der Waals surface area contributed by atoms with Crippen LogP contribution in [0.5, 0.6) is 5.75 Å². The van der Waals surface area contributed by atoms with Crippen LogP contribution in [0.2, 0.25) is 0 Å². The number of aliphatic hydroxyl groups excluding tert-OH is 1. The van der Waals surface area contributed by atoms with Crippen LogP contribution in [0.25, 0.3) is 0 Å². The topological polar surface area (TPSA) is 42.4 Å². The number of benzene rings is 1. The third kappa shape index (κ3) is 3.67. The number of aliphatic hydroxyl groups is 1. The molecule has 106 valence electrons. The molecule has 2 aromatic rings. The highest BCUT2D eigenvalue weighted by Gasteiger charge is 2.31. The summed E-state index contributed by atoms with van der Waals surface area (Å²) in [5, 5.41) is 9.97. The molecule has 1 heterocycles. The molecule has 0 saturated heterocycles. The van der Waals surface area contributed by atoms with E-state index in [2.05, 4.69) is 9.72 Å². The fraction of sp³-hybridized carbons (Fsp3) is 0.154. The summed E-state index contributed by atoms with van der Waals surface area (Å²) in [5.41, 5.74) is 0.501. The van der Waals surface area contributed by atoms with Crippen LogP contribution < -0.4 is 4.74 Å². The molecule has 0 saturated carbocycles. The van der Waals surface area contributed by atoms with E-state index in [0.29, 0.717) is 5.56 Å². The molecular formula is C13H9F4NO2. The maximum atomic E-state index is 13.0. The Morgan fingerprint density at radius 1 is 1.05 bits per heavy atom. The van der Waals surface area contributed by atoms with E-state index >= 15 is 0 Å². The number of ether oxygens (including phenoxy) is 1. The Bertz CT molecular complexity index is 584. The third-order valence-electron chi connectivity index (χ3n) is 2.47. The number of halogens is 4. The van der Waals surface area contributed by atoms with Gasteiger partial charge in [0.25, 0.3) is 0 Å². The molecule has 0 spiro atoms. The lowest BCUT2D eigenvalue weighted by Gasteiger charge is -2.13. The van der Waals surface area contributed by atoms with E-state index in [4.69, 9.17) is 0 Å². The molecular weight excluding hydrogens is 278 g/mol. The minimum atomic E-state index is -4.77. The lowest BCUT2D eigenvalue weighted by atomic mass is 10.0. The van der Waals surface area contributed by atoms with Crippen LogP contribution in [0, 0.1) is 5.82 Å². The Kier molecular flexibility index (Phi) is 3.89. The van der Waals surface area contributed by atoms with Crippen LogP contribution in [-0.2, 0) is 0 Å². The predicted molar refractivity (Wildman–Crippen MR) is 61.4 cm³/mol. The molecule has 3 nitrogen and oxygen atoms in total. The van der Waals surface area contributed by atoms with Crippen LogP contribution >= 0.6 is 0 Å². The van der Waals surface area contributed by atoms with Gasteiger partial charge < -0.3 is 9.84 Å². The second-order valence-electron chi connectivity index (χ2n) is 3.96. The first-order valence-corrected chi connectivity index (χ1v) is 5.49. The summed E-state index contributed by atoms with van der Waals surface area (Å²) in [7, 11) is 0. The molecule has 0 radical (unpaired) electrons. The summed E-state index contributed by atoms with van der Waals surface area (Å²) in [4.78, 5) is 3.59. The molecule has 0 aliphatic heterocycles. The van der Waals surface area contributed by atoms with Crippen LogP contribution in [0.1, 0.15) is 17.2 Å². The standard InChI is InChI=1S/C13H9F4NO2/c14-10-5-9(6-18-7-10)12(19)8-1-3-11(4-2-8)20-13(15,16)17/h1-7,12,19H. The van der Waals surface area contributed by atoms with Gasteiger partial charge in [0.2, 0.25) is 0 Å². The second kappa shape index (κ2) is 5.46. The number of alkyl halides is 3. The Hall–Kier alpha value is -2.15. The molecule has 1 atom stereocenters. The minimum absolute atomic E-state index is 0.203. The van der Waals surface area contributed by atoms with Gasteiger partial charge in [-0.25, -0.2) is 4.39 Å². The molecule has 1 aromatic heterocycles. The van der Waals surface area contributed by atoms with Gasteiger partial charge in [-0.05, 0) is 23.8 Å². The Morgan fingerprint density at radius 3 is 2.25 bits per heavy atom. The van der Waals surface area contributed by atoms with Gasteiger partial charge in [-0.3, -0.25) is 4.98 Å². The summed E-state index contributed by atoms with van der Waals surface area (Å²) < 4.78 is 52.6. The van der Waals surface area contributed by atoms with Crippen molar-refractivity contribution < 1.29 is 27.4 Å². The van der Waals surface area contributed by atoms with Gasteiger partial charge in [0.15, 0.2) is 0 Å². The first kappa shape index (κ1) is 14.3. The van der Waals surface area contributed by atoms with Crippen molar-refractivity contribution in [3.05, 3.63) is 59.7 Å². The van der Waals surface area contributed by atoms with Gasteiger partial charge in [0, 0.05) is 11.8 Å². The lowest BCUT2D eigenvalue weighted by molar-refractivity contribution is -0.274. The molecule has 0 aliphatic carbocycles. The van der Waals surface area contributed by atoms with Crippen LogP contribution in [0.15, 0.2) is 42.7 Å². The van der Waals surface area contributed by atoms with E-state index in [1.807, 2.05) is 0 Å². The van der Waals surface area contributed by atoms with Crippen LogP contribution in [0.3, 0.4) is 0 Å². The predicted octanol–water partition coefficient (Wildman–Crippen LogP) is 3.20. The highest BCUT2D eigenvalue weighted by atomic mass is 19.4. The molecule has 0 bridgehead atoms. The summed E-state index contributed by atoms with van der Waals surface area (Å²) in [6, 6.07) is 5.75. The molecule has 0 amide bonds. The normalized spacial score (nSPS) is 13.1. The average molecular weight is 287 g/mol. The van der Waals surface area contributed by atoms with Gasteiger partial charge in [0.1, 0.15) is 17.7 Å². The van der Waals surface area contributed by atoms with Crippen molar-refractivity contribution >= 4 is 0 Å². The smallest absolute Gasteiger partial charge is 0.406 e.